The third-order valence-corrected chi connectivity index (χ3v) is 7.05. The van der Waals surface area contributed by atoms with E-state index in [0.29, 0.717) is 17.3 Å². The number of ether oxygens (including phenoxy) is 1. The molecule has 1 unspecified atom stereocenters. The first-order chi connectivity index (χ1) is 16.5. The maximum atomic E-state index is 13.5. The highest BCUT2D eigenvalue weighted by molar-refractivity contribution is 7.92. The van der Waals surface area contributed by atoms with E-state index >= 15 is 0 Å². The number of methoxy groups -OCH3 is 1. The Labute approximate surface area is 217 Å². The summed E-state index contributed by atoms with van der Waals surface area (Å²) in [6, 6.07) is 10.5. The Balaban J connectivity index is 2.36. The second-order valence-corrected chi connectivity index (χ2v) is 10.8. The van der Waals surface area contributed by atoms with Gasteiger partial charge in [-0.15, -0.1) is 0 Å². The Bertz CT molecular complexity index is 1130. The van der Waals surface area contributed by atoms with Gasteiger partial charge in [0.1, 0.15) is 18.3 Å². The van der Waals surface area contributed by atoms with E-state index in [1.165, 1.54) is 30.2 Å². The molecule has 0 aromatic heterocycles. The molecule has 0 aliphatic heterocycles. The number of rotatable bonds is 12. The van der Waals surface area contributed by atoms with E-state index in [-0.39, 0.29) is 23.2 Å². The zero-order valence-electron chi connectivity index (χ0n) is 20.3. The maximum absolute atomic E-state index is 13.5. The van der Waals surface area contributed by atoms with Crippen molar-refractivity contribution in [1.29, 1.82) is 0 Å². The zero-order valence-corrected chi connectivity index (χ0v) is 22.6. The van der Waals surface area contributed by atoms with Crippen molar-refractivity contribution in [3.63, 3.8) is 0 Å². The van der Waals surface area contributed by atoms with Crippen molar-refractivity contribution in [3.8, 4) is 5.75 Å². The van der Waals surface area contributed by atoms with Crippen molar-refractivity contribution in [1.82, 2.24) is 10.2 Å². The van der Waals surface area contributed by atoms with E-state index in [1.54, 1.807) is 31.2 Å². The minimum atomic E-state index is -3.86. The molecule has 35 heavy (non-hydrogen) atoms. The van der Waals surface area contributed by atoms with Crippen LogP contribution in [0.2, 0.25) is 10.0 Å². The van der Waals surface area contributed by atoms with Gasteiger partial charge in [0.15, 0.2) is 0 Å². The summed E-state index contributed by atoms with van der Waals surface area (Å²) in [6.45, 7) is 3.70. The highest BCUT2D eigenvalue weighted by atomic mass is 35.5. The molecule has 2 aromatic rings. The van der Waals surface area contributed by atoms with Crippen LogP contribution < -0.4 is 14.4 Å². The second kappa shape index (κ2) is 13.0. The number of hydrogen-bond acceptors (Lipinski definition) is 5. The molecule has 8 nitrogen and oxygen atoms in total. The fourth-order valence-electron chi connectivity index (χ4n) is 3.33. The van der Waals surface area contributed by atoms with Crippen LogP contribution in [0.15, 0.2) is 42.5 Å². The van der Waals surface area contributed by atoms with Crippen LogP contribution in [0.5, 0.6) is 5.75 Å². The van der Waals surface area contributed by atoms with Gasteiger partial charge in [0.25, 0.3) is 0 Å². The summed E-state index contributed by atoms with van der Waals surface area (Å²) in [5.74, 6) is -0.494. The lowest BCUT2D eigenvalue weighted by atomic mass is 10.1. The standard InChI is InChI=1S/C24H31Cl2N3O5S/c1-5-6-13-27-24(31)17(2)28(15-18-7-9-19(25)10-8-18)23(30)16-29(35(4,32)33)20-11-12-22(34-3)21(26)14-20/h7-12,14,17H,5-6,13,15-16H2,1-4H3,(H,27,31). The predicted octanol–water partition coefficient (Wildman–Crippen LogP) is 4.10. The normalized spacial score (nSPS) is 12.1. The summed E-state index contributed by atoms with van der Waals surface area (Å²) in [5.41, 5.74) is 0.951. The molecule has 0 aliphatic carbocycles. The topological polar surface area (TPSA) is 96.0 Å². The zero-order chi connectivity index (χ0) is 26.2. The van der Waals surface area contributed by atoms with E-state index in [4.69, 9.17) is 27.9 Å². The van der Waals surface area contributed by atoms with Gasteiger partial charge in [-0.3, -0.25) is 13.9 Å². The molecule has 0 fully saturated rings. The number of nitrogens with one attached hydrogen (secondary N) is 1. The minimum Gasteiger partial charge on any atom is -0.495 e. The number of sulfonamides is 1. The molecule has 2 rings (SSSR count). The quantitative estimate of drug-likeness (QED) is 0.406. The number of nitrogens with zero attached hydrogens (tertiary/aromatic N) is 2. The number of unbranched alkanes of at least 4 members (excludes halogenated alkanes) is 1. The summed E-state index contributed by atoms with van der Waals surface area (Å²) in [6.07, 6.45) is 2.72. The van der Waals surface area contributed by atoms with Gasteiger partial charge in [-0.25, -0.2) is 8.42 Å². The summed E-state index contributed by atoms with van der Waals surface area (Å²) in [5, 5.41) is 3.57. The highest BCUT2D eigenvalue weighted by Crippen LogP contribution is 2.30. The molecule has 0 aliphatic rings. The number of benzene rings is 2. The first kappa shape index (κ1) is 28.7. The average Bonchev–Trinajstić information content (AvgIpc) is 2.80. The van der Waals surface area contributed by atoms with Crippen molar-refractivity contribution in [2.24, 2.45) is 0 Å². The summed E-state index contributed by atoms with van der Waals surface area (Å²) in [4.78, 5) is 27.6. The number of amides is 2. The fraction of sp³-hybridized carbons (Fsp3) is 0.417. The molecule has 2 aromatic carbocycles. The van der Waals surface area contributed by atoms with E-state index in [1.807, 2.05) is 6.92 Å². The molecule has 0 heterocycles. The van der Waals surface area contributed by atoms with Crippen molar-refractivity contribution in [2.45, 2.75) is 39.3 Å². The molecule has 0 saturated heterocycles. The third-order valence-electron chi connectivity index (χ3n) is 5.37. The van der Waals surface area contributed by atoms with Crippen LogP contribution in [0.3, 0.4) is 0 Å². The minimum absolute atomic E-state index is 0.0966. The highest BCUT2D eigenvalue weighted by Gasteiger charge is 2.30. The fourth-order valence-corrected chi connectivity index (χ4v) is 4.55. The molecular formula is C24H31Cl2N3O5S. The van der Waals surface area contributed by atoms with Gasteiger partial charge in [-0.1, -0.05) is 48.7 Å². The van der Waals surface area contributed by atoms with Crippen molar-refractivity contribution < 1.29 is 22.7 Å². The van der Waals surface area contributed by atoms with Crippen LogP contribution >= 0.6 is 23.2 Å². The molecule has 0 spiro atoms. The molecule has 0 saturated carbocycles. The monoisotopic (exact) mass is 543 g/mol. The van der Waals surface area contributed by atoms with Crippen LogP contribution in [0, 0.1) is 0 Å². The first-order valence-corrected chi connectivity index (χ1v) is 13.7. The number of halogens is 2. The first-order valence-electron chi connectivity index (χ1n) is 11.1. The van der Waals surface area contributed by atoms with Crippen LogP contribution in [0.1, 0.15) is 32.3 Å². The van der Waals surface area contributed by atoms with E-state index < -0.39 is 28.5 Å². The van der Waals surface area contributed by atoms with Gasteiger partial charge in [0.05, 0.1) is 24.1 Å². The predicted molar refractivity (Wildman–Crippen MR) is 140 cm³/mol. The van der Waals surface area contributed by atoms with Gasteiger partial charge in [0.2, 0.25) is 21.8 Å². The summed E-state index contributed by atoms with van der Waals surface area (Å²) >= 11 is 12.2. The van der Waals surface area contributed by atoms with Crippen LogP contribution in [0.4, 0.5) is 5.69 Å². The summed E-state index contributed by atoms with van der Waals surface area (Å²) in [7, 11) is -2.41. The molecule has 2 amide bonds. The van der Waals surface area contributed by atoms with Gasteiger partial charge < -0.3 is 15.0 Å². The lowest BCUT2D eigenvalue weighted by Crippen LogP contribution is -2.51. The number of anilines is 1. The third kappa shape index (κ3) is 8.30. The lowest BCUT2D eigenvalue weighted by Gasteiger charge is -2.31. The van der Waals surface area contributed by atoms with E-state index in [2.05, 4.69) is 5.32 Å². The Kier molecular flexibility index (Phi) is 10.7. The maximum Gasteiger partial charge on any atom is 0.244 e. The molecular weight excluding hydrogens is 513 g/mol. The van der Waals surface area contributed by atoms with Crippen LogP contribution in [-0.4, -0.2) is 57.6 Å². The Morgan fingerprint density at radius 2 is 1.77 bits per heavy atom. The van der Waals surface area contributed by atoms with Crippen LogP contribution in [0.25, 0.3) is 0 Å². The molecule has 0 bridgehead atoms. The molecule has 1 N–H and O–H groups in total. The van der Waals surface area contributed by atoms with Gasteiger partial charge in [-0.05, 0) is 49.2 Å². The van der Waals surface area contributed by atoms with Crippen molar-refractivity contribution in [3.05, 3.63) is 58.1 Å². The Morgan fingerprint density at radius 1 is 1.11 bits per heavy atom. The average molecular weight is 545 g/mol. The van der Waals surface area contributed by atoms with E-state index in [0.717, 1.165) is 29.0 Å². The largest absolute Gasteiger partial charge is 0.495 e. The Hall–Kier alpha value is -2.49. The Morgan fingerprint density at radius 3 is 2.31 bits per heavy atom. The smallest absolute Gasteiger partial charge is 0.244 e. The SMILES string of the molecule is CCCCNC(=O)C(C)N(Cc1ccc(Cl)cc1)C(=O)CN(c1ccc(OC)c(Cl)c1)S(C)(=O)=O. The van der Waals surface area contributed by atoms with Crippen molar-refractivity contribution in [2.75, 3.05) is 30.8 Å². The number of carbonyl (C=O) groups is 2. The number of hydrogen-bond donors (Lipinski definition) is 1. The van der Waals surface area contributed by atoms with Gasteiger partial charge >= 0.3 is 0 Å². The van der Waals surface area contributed by atoms with Gasteiger partial charge in [0, 0.05) is 18.1 Å². The second-order valence-electron chi connectivity index (χ2n) is 8.06. The molecule has 1 atom stereocenters. The molecule has 11 heteroatoms. The summed E-state index contributed by atoms with van der Waals surface area (Å²) < 4.78 is 31.3. The van der Waals surface area contributed by atoms with E-state index in [9.17, 15) is 18.0 Å². The lowest BCUT2D eigenvalue weighted by molar-refractivity contribution is -0.139. The van der Waals surface area contributed by atoms with Crippen LogP contribution in [-0.2, 0) is 26.2 Å². The van der Waals surface area contributed by atoms with Crippen molar-refractivity contribution >= 4 is 50.7 Å². The van der Waals surface area contributed by atoms with Gasteiger partial charge in [-0.2, -0.15) is 0 Å². The number of carbonyl (C=O) groups excluding carboxylic acids is 2. The molecule has 192 valence electrons. The molecule has 0 radical (unpaired) electrons.